The minimum Gasteiger partial charge on any atom is -0.341 e. The number of aromatic nitrogens is 4. The highest BCUT2D eigenvalue weighted by molar-refractivity contribution is 7.09. The summed E-state index contributed by atoms with van der Waals surface area (Å²) in [7, 11) is 1.86. The van der Waals surface area contributed by atoms with E-state index in [9.17, 15) is 9.59 Å². The molecule has 8 nitrogen and oxygen atoms in total. The molecular formula is C24H25ClN6O2S. The van der Waals surface area contributed by atoms with Crippen molar-refractivity contribution in [2.24, 2.45) is 0 Å². The number of likely N-dealkylation sites (tertiary alicyclic amines) is 1. The third-order valence-corrected chi connectivity index (χ3v) is 7.36. The lowest BCUT2D eigenvalue weighted by molar-refractivity contribution is -0.130. The SMILES string of the molecule is CN(CC(=O)N1CCC(n2c(=O)[nH]c3ccccc32)CC1)c1nc(Cc2ccc(Cl)cc2)ns1. The molecule has 10 heteroatoms. The van der Waals surface area contributed by atoms with Crippen LogP contribution in [0, 0.1) is 0 Å². The van der Waals surface area contributed by atoms with E-state index in [1.807, 2.05) is 69.9 Å². The summed E-state index contributed by atoms with van der Waals surface area (Å²) in [5.41, 5.74) is 2.77. The third-order valence-electron chi connectivity index (χ3n) is 6.24. The minimum atomic E-state index is -0.0867. The molecule has 0 unspecified atom stereocenters. The molecule has 0 atom stereocenters. The zero-order chi connectivity index (χ0) is 23.7. The first-order chi connectivity index (χ1) is 16.5. The molecule has 34 heavy (non-hydrogen) atoms. The molecule has 1 fully saturated rings. The van der Waals surface area contributed by atoms with Crippen molar-refractivity contribution >= 4 is 45.2 Å². The van der Waals surface area contributed by atoms with Crippen LogP contribution in [0.3, 0.4) is 0 Å². The van der Waals surface area contributed by atoms with E-state index in [1.165, 1.54) is 11.5 Å². The first-order valence-electron chi connectivity index (χ1n) is 11.2. The second-order valence-corrected chi connectivity index (χ2v) is 9.75. The average Bonchev–Trinajstić information content (AvgIpc) is 3.44. The van der Waals surface area contributed by atoms with E-state index in [-0.39, 0.29) is 24.2 Å². The molecule has 5 rings (SSSR count). The highest BCUT2D eigenvalue weighted by Gasteiger charge is 2.27. The maximum Gasteiger partial charge on any atom is 0.326 e. The van der Waals surface area contributed by atoms with Crippen molar-refractivity contribution in [1.29, 1.82) is 0 Å². The Balaban J connectivity index is 1.17. The number of hydrogen-bond donors (Lipinski definition) is 1. The fraction of sp³-hybridized carbons (Fsp3) is 0.333. The Morgan fingerprint density at radius 3 is 2.68 bits per heavy atom. The zero-order valence-corrected chi connectivity index (χ0v) is 20.3. The van der Waals surface area contributed by atoms with Gasteiger partial charge >= 0.3 is 5.69 Å². The highest BCUT2D eigenvalue weighted by atomic mass is 35.5. The Kier molecular flexibility index (Phi) is 6.38. The molecule has 4 aromatic rings. The van der Waals surface area contributed by atoms with Gasteiger partial charge in [-0.1, -0.05) is 35.9 Å². The van der Waals surface area contributed by atoms with Gasteiger partial charge in [0.2, 0.25) is 11.0 Å². The van der Waals surface area contributed by atoms with Crippen molar-refractivity contribution in [2.45, 2.75) is 25.3 Å². The summed E-state index contributed by atoms with van der Waals surface area (Å²) < 4.78 is 6.28. The largest absolute Gasteiger partial charge is 0.341 e. The van der Waals surface area contributed by atoms with Crippen molar-refractivity contribution in [3.05, 3.63) is 75.4 Å². The summed E-state index contributed by atoms with van der Waals surface area (Å²) >= 11 is 7.25. The number of para-hydroxylation sites is 2. The van der Waals surface area contributed by atoms with E-state index < -0.39 is 0 Å². The van der Waals surface area contributed by atoms with Gasteiger partial charge in [0.15, 0.2) is 0 Å². The number of nitrogens with zero attached hydrogens (tertiary/aromatic N) is 5. The van der Waals surface area contributed by atoms with E-state index in [1.54, 1.807) is 0 Å². The molecule has 1 aliphatic rings. The van der Waals surface area contributed by atoms with Crippen LogP contribution >= 0.6 is 23.1 Å². The van der Waals surface area contributed by atoms with E-state index in [4.69, 9.17) is 11.6 Å². The van der Waals surface area contributed by atoms with E-state index >= 15 is 0 Å². The number of halogens is 1. The first-order valence-corrected chi connectivity index (χ1v) is 12.4. The second kappa shape index (κ2) is 9.60. The number of H-pyrrole nitrogens is 1. The van der Waals surface area contributed by atoms with Gasteiger partial charge in [-0.25, -0.2) is 9.78 Å². The maximum absolute atomic E-state index is 12.9. The number of imidazole rings is 1. The molecule has 0 radical (unpaired) electrons. The number of benzene rings is 2. The molecule has 1 amide bonds. The van der Waals surface area contributed by atoms with Crippen LogP contribution in [0.1, 0.15) is 30.3 Å². The van der Waals surface area contributed by atoms with Gasteiger partial charge in [-0.05, 0) is 42.7 Å². The smallest absolute Gasteiger partial charge is 0.326 e. The number of aromatic amines is 1. The third kappa shape index (κ3) is 4.71. The van der Waals surface area contributed by atoms with Crippen LogP contribution in [-0.4, -0.2) is 56.4 Å². The lowest BCUT2D eigenvalue weighted by atomic mass is 10.0. The van der Waals surface area contributed by atoms with Gasteiger partial charge in [0.1, 0.15) is 5.82 Å². The van der Waals surface area contributed by atoms with Gasteiger partial charge in [0, 0.05) is 49.2 Å². The van der Waals surface area contributed by atoms with Crippen LogP contribution in [0.25, 0.3) is 11.0 Å². The zero-order valence-electron chi connectivity index (χ0n) is 18.8. The van der Waals surface area contributed by atoms with Crippen molar-refractivity contribution in [3.8, 4) is 0 Å². The number of amides is 1. The quantitative estimate of drug-likeness (QED) is 0.439. The molecule has 0 bridgehead atoms. The van der Waals surface area contributed by atoms with Crippen molar-refractivity contribution in [3.63, 3.8) is 0 Å². The molecule has 1 aliphatic heterocycles. The standard InChI is InChI=1S/C24H25ClN6O2S/c1-29(24-27-21(28-34-24)14-16-6-8-17(25)9-7-16)15-22(32)30-12-10-18(11-13-30)31-20-5-3-2-4-19(20)26-23(31)33/h2-9,18H,10-15H2,1H3,(H,26,33). The Morgan fingerprint density at radius 2 is 1.91 bits per heavy atom. The van der Waals surface area contributed by atoms with Gasteiger partial charge in [0.05, 0.1) is 17.6 Å². The number of hydrogen-bond acceptors (Lipinski definition) is 6. The number of fused-ring (bicyclic) bond motifs is 1. The summed E-state index contributed by atoms with van der Waals surface area (Å²) in [6.07, 6.45) is 2.12. The Hall–Kier alpha value is -3.17. The lowest BCUT2D eigenvalue weighted by Gasteiger charge is -2.33. The summed E-state index contributed by atoms with van der Waals surface area (Å²) in [6.45, 7) is 1.50. The van der Waals surface area contributed by atoms with Crippen LogP contribution in [0.15, 0.2) is 53.3 Å². The minimum absolute atomic E-state index is 0.0571. The van der Waals surface area contributed by atoms with E-state index in [2.05, 4.69) is 14.3 Å². The number of anilines is 1. The fourth-order valence-corrected chi connectivity index (χ4v) is 5.21. The molecule has 0 saturated carbocycles. The van der Waals surface area contributed by atoms with Crippen LogP contribution in [-0.2, 0) is 11.2 Å². The summed E-state index contributed by atoms with van der Waals surface area (Å²) in [6, 6.07) is 15.4. The van der Waals surface area contributed by atoms with Gasteiger partial charge in [-0.3, -0.25) is 9.36 Å². The number of piperidine rings is 1. The number of carbonyl (C=O) groups is 1. The van der Waals surface area contributed by atoms with E-state index in [0.717, 1.165) is 40.4 Å². The fourth-order valence-electron chi connectivity index (χ4n) is 4.44. The predicted molar refractivity (Wildman–Crippen MR) is 135 cm³/mol. The van der Waals surface area contributed by atoms with Gasteiger partial charge in [-0.2, -0.15) is 4.37 Å². The molecule has 3 heterocycles. The van der Waals surface area contributed by atoms with Crippen molar-refractivity contribution in [2.75, 3.05) is 31.6 Å². The monoisotopic (exact) mass is 496 g/mol. The van der Waals surface area contributed by atoms with Gasteiger partial charge in [0.25, 0.3) is 0 Å². The lowest BCUT2D eigenvalue weighted by Crippen LogP contribution is -2.44. The average molecular weight is 497 g/mol. The van der Waals surface area contributed by atoms with Crippen molar-refractivity contribution in [1.82, 2.24) is 23.8 Å². The predicted octanol–water partition coefficient (Wildman–Crippen LogP) is 3.73. The number of nitrogens with one attached hydrogen (secondary N) is 1. The van der Waals surface area contributed by atoms with Crippen LogP contribution in [0.4, 0.5) is 5.13 Å². The van der Waals surface area contributed by atoms with Crippen LogP contribution in [0.2, 0.25) is 5.02 Å². The molecule has 1 N–H and O–H groups in total. The van der Waals surface area contributed by atoms with Crippen molar-refractivity contribution < 1.29 is 4.79 Å². The molecule has 2 aromatic carbocycles. The summed E-state index contributed by atoms with van der Waals surface area (Å²) in [5.74, 6) is 0.785. The van der Waals surface area contributed by atoms with Gasteiger partial charge < -0.3 is 14.8 Å². The Labute approximate surface area is 206 Å². The molecular weight excluding hydrogens is 472 g/mol. The van der Waals surface area contributed by atoms with Crippen LogP contribution in [0.5, 0.6) is 0 Å². The van der Waals surface area contributed by atoms with E-state index in [0.29, 0.717) is 24.5 Å². The van der Waals surface area contributed by atoms with Gasteiger partial charge in [-0.15, -0.1) is 0 Å². The molecule has 1 saturated heterocycles. The number of likely N-dealkylation sites (N-methyl/N-ethyl adjacent to an activating group) is 1. The molecule has 0 spiro atoms. The summed E-state index contributed by atoms with van der Waals surface area (Å²) in [4.78, 5) is 36.7. The highest BCUT2D eigenvalue weighted by Crippen LogP contribution is 2.25. The Bertz CT molecular complexity index is 1350. The normalized spacial score (nSPS) is 14.6. The molecule has 176 valence electrons. The Morgan fingerprint density at radius 1 is 1.18 bits per heavy atom. The molecule has 0 aliphatic carbocycles. The molecule has 2 aromatic heterocycles. The second-order valence-electron chi connectivity index (χ2n) is 8.58. The first kappa shape index (κ1) is 22.6. The number of rotatable bonds is 6. The van der Waals surface area contributed by atoms with Crippen LogP contribution < -0.4 is 10.6 Å². The maximum atomic E-state index is 12.9. The topological polar surface area (TPSA) is 87.1 Å². The summed E-state index contributed by atoms with van der Waals surface area (Å²) in [5, 5.41) is 1.42. The number of carbonyl (C=O) groups excluding carboxylic acids is 1.